The Balaban J connectivity index is -0.00000000750. The van der Waals surface area contributed by atoms with Crippen molar-refractivity contribution in [1.82, 2.24) is 0 Å². The molecule has 0 saturated heterocycles. The van der Waals surface area contributed by atoms with Crippen molar-refractivity contribution < 1.29 is 0 Å². The summed E-state index contributed by atoms with van der Waals surface area (Å²) in [6, 6.07) is 0. The van der Waals surface area contributed by atoms with E-state index in [0.717, 1.165) is 0 Å². The molecule has 0 aromatic carbocycles. The van der Waals surface area contributed by atoms with Crippen LogP contribution in [-0.2, 0) is 0 Å². The van der Waals surface area contributed by atoms with Gasteiger partial charge in [0.15, 0.2) is 0 Å². The summed E-state index contributed by atoms with van der Waals surface area (Å²) >= 11 is 0. The fourth-order valence-corrected chi connectivity index (χ4v) is 0. The molecule has 0 aromatic rings. The second-order valence-electron chi connectivity index (χ2n) is 1.000. The van der Waals surface area contributed by atoms with E-state index in [0.29, 0.717) is 0 Å². The molecule has 0 saturated carbocycles. The van der Waals surface area contributed by atoms with E-state index in [2.05, 4.69) is 0 Å². The molecule has 0 N–H and O–H groups in total. The minimum atomic E-state index is 0. The summed E-state index contributed by atoms with van der Waals surface area (Å²) in [5, 5.41) is 0. The quantitative estimate of drug-likeness (QED) is 0.611. The second-order valence-corrected chi connectivity index (χ2v) is 3.00. The van der Waals surface area contributed by atoms with Gasteiger partial charge in [0, 0.05) is 0 Å². The molecule has 0 aliphatic carbocycles. The fourth-order valence-electron chi connectivity index (χ4n) is 0. The monoisotopic (exact) mass is 242 g/mol. The van der Waals surface area contributed by atoms with Gasteiger partial charge in [-0.05, 0) is 0 Å². The summed E-state index contributed by atoms with van der Waals surface area (Å²) in [5.41, 5.74) is 0. The predicted molar refractivity (Wildman–Crippen MR) is 63.7 cm³/mol. The number of rotatable bonds is 1. The molecule has 0 unspecified atom stereocenters. The Morgan fingerprint density at radius 3 is 0.750 bits per heavy atom. The first-order chi connectivity index (χ1) is 1.91. The molecule has 0 heterocycles. The van der Waals surface area contributed by atoms with Gasteiger partial charge in [0.1, 0.15) is 0 Å². The first kappa shape index (κ1) is 32.3. The summed E-state index contributed by atoms with van der Waals surface area (Å²) in [7, 11) is 2.85. The third-order valence-corrected chi connectivity index (χ3v) is 4.50. The normalized spacial score (nSPS) is 4.00. The zero-order valence-electron chi connectivity index (χ0n) is 5.05. The van der Waals surface area contributed by atoms with Gasteiger partial charge < -0.3 is 0 Å². The molecule has 0 fully saturated rings. The molecular formula is C2H16Cl4P2. The topological polar surface area (TPSA) is 0 Å². The minimum absolute atomic E-state index is 0. The Labute approximate surface area is 80.4 Å². The van der Waals surface area contributed by atoms with Gasteiger partial charge in [-0.2, -0.15) is 0 Å². The summed E-state index contributed by atoms with van der Waals surface area (Å²) in [4.78, 5) is 0. The molecule has 0 aliphatic rings. The van der Waals surface area contributed by atoms with Crippen LogP contribution in [0.5, 0.6) is 0 Å². The SMILES string of the molecule is Cl.Cl.Cl.Cl.[PH4]CC[PH4]. The van der Waals surface area contributed by atoms with Crippen LogP contribution < -0.4 is 0 Å². The zero-order chi connectivity index (χ0) is 3.41. The van der Waals surface area contributed by atoms with E-state index in [9.17, 15) is 0 Å². The summed E-state index contributed by atoms with van der Waals surface area (Å²) < 4.78 is 0. The fraction of sp³-hybridized carbons (Fsp3) is 1.00. The molecule has 0 rings (SSSR count). The van der Waals surface area contributed by atoms with Gasteiger partial charge in [-0.25, -0.2) is 0 Å². The Bertz CT molecular complexity index is 14.0. The van der Waals surface area contributed by atoms with Crippen LogP contribution in [-0.4, -0.2) is 12.3 Å². The molecule has 0 spiro atoms. The van der Waals surface area contributed by atoms with E-state index in [-0.39, 0.29) is 49.6 Å². The van der Waals surface area contributed by atoms with Crippen molar-refractivity contribution in [2.75, 3.05) is 12.3 Å². The van der Waals surface area contributed by atoms with Crippen LogP contribution in [0.3, 0.4) is 0 Å². The Hall–Kier alpha value is 2.02. The van der Waals surface area contributed by atoms with Crippen molar-refractivity contribution in [2.45, 2.75) is 0 Å². The van der Waals surface area contributed by atoms with Crippen LogP contribution in [0.2, 0.25) is 0 Å². The average Bonchev–Trinajstić information content (AvgIpc) is 1.37. The van der Waals surface area contributed by atoms with Crippen molar-refractivity contribution in [1.29, 1.82) is 0 Å². The summed E-state index contributed by atoms with van der Waals surface area (Å²) in [6.07, 6.45) is 3.04. The van der Waals surface area contributed by atoms with Gasteiger partial charge in [-0.3, -0.25) is 0 Å². The third kappa shape index (κ3) is 43.3. The van der Waals surface area contributed by atoms with Crippen LogP contribution in [0.1, 0.15) is 0 Å². The second kappa shape index (κ2) is 35.9. The maximum absolute atomic E-state index is 1.52. The van der Waals surface area contributed by atoms with Crippen LogP contribution >= 0.6 is 68.1 Å². The van der Waals surface area contributed by atoms with E-state index >= 15 is 0 Å². The van der Waals surface area contributed by atoms with Crippen molar-refractivity contribution in [2.24, 2.45) is 0 Å². The molecule has 0 atom stereocenters. The van der Waals surface area contributed by atoms with E-state index in [1.807, 2.05) is 0 Å². The number of halogens is 4. The van der Waals surface area contributed by atoms with Crippen molar-refractivity contribution in [3.05, 3.63) is 0 Å². The summed E-state index contributed by atoms with van der Waals surface area (Å²) in [6.45, 7) is 0. The van der Waals surface area contributed by atoms with Gasteiger partial charge in [0.2, 0.25) is 0 Å². The molecule has 0 radical (unpaired) electrons. The number of hydrogen-bond donors (Lipinski definition) is 0. The number of hydrogen-bond acceptors (Lipinski definition) is 0. The van der Waals surface area contributed by atoms with Crippen LogP contribution in [0.4, 0.5) is 0 Å². The molecular weight excluding hydrogens is 228 g/mol. The van der Waals surface area contributed by atoms with Crippen molar-refractivity contribution >= 4 is 68.1 Å². The van der Waals surface area contributed by atoms with Gasteiger partial charge in [-0.1, -0.05) is 0 Å². The van der Waals surface area contributed by atoms with Gasteiger partial charge in [-0.15, -0.1) is 49.6 Å². The van der Waals surface area contributed by atoms with Gasteiger partial charge in [0.25, 0.3) is 0 Å². The first-order valence-electron chi connectivity index (χ1n) is 1.91. The first-order valence-corrected chi connectivity index (χ1v) is 4.74. The van der Waals surface area contributed by atoms with E-state index in [4.69, 9.17) is 0 Å². The molecule has 6 heteroatoms. The van der Waals surface area contributed by atoms with Gasteiger partial charge >= 0.3 is 30.8 Å². The maximum atomic E-state index is 1.52. The average molecular weight is 244 g/mol. The molecule has 8 heavy (non-hydrogen) atoms. The zero-order valence-corrected chi connectivity index (χ0v) is 12.3. The molecule has 0 nitrogen and oxygen atoms in total. The molecule has 0 bridgehead atoms. The van der Waals surface area contributed by atoms with Crippen LogP contribution in [0.25, 0.3) is 0 Å². The molecule has 0 aromatic heterocycles. The molecule has 0 aliphatic heterocycles. The van der Waals surface area contributed by atoms with E-state index < -0.39 is 0 Å². The summed E-state index contributed by atoms with van der Waals surface area (Å²) in [5.74, 6) is 0. The van der Waals surface area contributed by atoms with Gasteiger partial charge in [0.05, 0.1) is 0 Å². The Morgan fingerprint density at radius 2 is 0.750 bits per heavy atom. The van der Waals surface area contributed by atoms with Crippen LogP contribution in [0, 0.1) is 0 Å². The third-order valence-electron chi connectivity index (χ3n) is 0.500. The molecule has 0 amide bonds. The standard InChI is InChI=1S/C2H12P2.4ClH/c3-1-2-4;;;;/h1-2H2,3-4H4;4*1H. The van der Waals surface area contributed by atoms with Crippen LogP contribution in [0.15, 0.2) is 0 Å². The van der Waals surface area contributed by atoms with E-state index in [1.54, 1.807) is 0 Å². The van der Waals surface area contributed by atoms with E-state index in [1.165, 1.54) is 30.8 Å². The Kier molecular flexibility index (Phi) is 145. The molecule has 62 valence electrons. The predicted octanol–water partition coefficient (Wildman–Crippen LogP) is 1.35. The Morgan fingerprint density at radius 1 is 0.625 bits per heavy atom. The van der Waals surface area contributed by atoms with Crippen molar-refractivity contribution in [3.63, 3.8) is 0 Å². The van der Waals surface area contributed by atoms with Crippen molar-refractivity contribution in [3.8, 4) is 0 Å².